The Bertz CT molecular complexity index is 905. The molecule has 2 aromatic rings. The third kappa shape index (κ3) is 4.57. The van der Waals surface area contributed by atoms with Gasteiger partial charge >= 0.3 is 0 Å². The molecule has 5 rings (SSSR count). The molecule has 3 saturated heterocycles. The lowest BCUT2D eigenvalue weighted by Crippen LogP contribution is -2.65. The molecule has 3 fully saturated rings. The van der Waals surface area contributed by atoms with Crippen molar-refractivity contribution >= 4 is 12.4 Å². The lowest BCUT2D eigenvalue weighted by molar-refractivity contribution is -0.155. The molecule has 170 valence electrons. The summed E-state index contributed by atoms with van der Waals surface area (Å²) < 4.78 is 0. The summed E-state index contributed by atoms with van der Waals surface area (Å²) in [7, 11) is 0. The average molecular weight is 437 g/mol. The molecule has 3 heterocycles. The van der Waals surface area contributed by atoms with Gasteiger partial charge in [0.1, 0.15) is 0 Å². The molecule has 0 saturated carbocycles. The van der Waals surface area contributed by atoms with Gasteiger partial charge in [-0.05, 0) is 47.8 Å². The minimum atomic E-state index is -0.250. The average Bonchev–Trinajstić information content (AvgIpc) is 2.81. The van der Waals surface area contributed by atoms with Crippen molar-refractivity contribution in [2.45, 2.75) is 44.3 Å². The van der Waals surface area contributed by atoms with Crippen LogP contribution in [0.15, 0.2) is 54.6 Å². The van der Waals surface area contributed by atoms with Crippen molar-refractivity contribution in [1.82, 2.24) is 9.80 Å². The zero-order valence-electron chi connectivity index (χ0n) is 18.3. The van der Waals surface area contributed by atoms with E-state index in [1.807, 2.05) is 0 Å². The van der Waals surface area contributed by atoms with Crippen molar-refractivity contribution in [1.29, 1.82) is 0 Å². The SMILES string of the molecule is O=C1CCC[C@H]2[C@@H]3C[C@@H](CN(Cc4ccccc4-c4ccccc4)C3)[C@H](CO)N12.O=CO. The van der Waals surface area contributed by atoms with Gasteiger partial charge in [-0.25, -0.2) is 0 Å². The van der Waals surface area contributed by atoms with Crippen LogP contribution in [0.2, 0.25) is 0 Å². The number of piperidine rings is 3. The second-order valence-corrected chi connectivity index (χ2v) is 9.09. The number of hydrogen-bond donors (Lipinski definition) is 2. The van der Waals surface area contributed by atoms with Gasteiger partial charge in [-0.2, -0.15) is 0 Å². The Balaban J connectivity index is 0.000000775. The summed E-state index contributed by atoms with van der Waals surface area (Å²) in [5.74, 6) is 1.17. The van der Waals surface area contributed by atoms with Crippen molar-refractivity contribution in [2.75, 3.05) is 19.7 Å². The third-order valence-corrected chi connectivity index (χ3v) is 7.26. The molecule has 0 unspecified atom stereocenters. The van der Waals surface area contributed by atoms with E-state index in [4.69, 9.17) is 9.90 Å². The Morgan fingerprint density at radius 2 is 1.69 bits per heavy atom. The summed E-state index contributed by atoms with van der Waals surface area (Å²) in [4.78, 5) is 25.6. The van der Waals surface area contributed by atoms with Crippen LogP contribution in [0.25, 0.3) is 11.1 Å². The number of carbonyl (C=O) groups is 2. The molecule has 32 heavy (non-hydrogen) atoms. The van der Waals surface area contributed by atoms with E-state index in [1.165, 1.54) is 16.7 Å². The van der Waals surface area contributed by atoms with Crippen LogP contribution in [-0.4, -0.2) is 64.2 Å². The zero-order chi connectivity index (χ0) is 22.5. The largest absolute Gasteiger partial charge is 0.483 e. The van der Waals surface area contributed by atoms with Gasteiger partial charge in [0.2, 0.25) is 5.91 Å². The molecule has 2 bridgehead atoms. The molecule has 3 aliphatic heterocycles. The highest BCUT2D eigenvalue weighted by atomic mass is 16.3. The number of amides is 1. The maximum absolute atomic E-state index is 12.6. The number of likely N-dealkylation sites (tertiary alicyclic amines) is 1. The lowest BCUT2D eigenvalue weighted by Gasteiger charge is -2.56. The second-order valence-electron chi connectivity index (χ2n) is 9.09. The fourth-order valence-electron chi connectivity index (χ4n) is 6.03. The summed E-state index contributed by atoms with van der Waals surface area (Å²) in [5, 5.41) is 17.0. The molecule has 0 radical (unpaired) electrons. The number of aliphatic hydroxyl groups excluding tert-OH is 1. The number of fused-ring (bicyclic) bond motifs is 4. The van der Waals surface area contributed by atoms with Gasteiger partial charge in [0.05, 0.1) is 12.6 Å². The first-order valence-corrected chi connectivity index (χ1v) is 11.5. The molecule has 0 spiro atoms. The summed E-state index contributed by atoms with van der Waals surface area (Å²) >= 11 is 0. The Labute approximate surface area is 189 Å². The summed E-state index contributed by atoms with van der Waals surface area (Å²) in [6.07, 6.45) is 3.89. The minimum Gasteiger partial charge on any atom is -0.483 e. The van der Waals surface area contributed by atoms with Crippen molar-refractivity contribution in [2.24, 2.45) is 11.8 Å². The van der Waals surface area contributed by atoms with Crippen LogP contribution in [0.3, 0.4) is 0 Å². The molecule has 1 amide bonds. The van der Waals surface area contributed by atoms with Crippen LogP contribution in [0.5, 0.6) is 0 Å². The molecule has 0 aliphatic carbocycles. The van der Waals surface area contributed by atoms with Gasteiger partial charge in [-0.3, -0.25) is 14.5 Å². The first-order chi connectivity index (χ1) is 15.7. The van der Waals surface area contributed by atoms with Gasteiger partial charge in [-0.15, -0.1) is 0 Å². The van der Waals surface area contributed by atoms with E-state index in [0.29, 0.717) is 24.3 Å². The van der Waals surface area contributed by atoms with Crippen LogP contribution in [0.1, 0.15) is 31.2 Å². The number of aliphatic hydroxyl groups is 1. The molecule has 0 aromatic heterocycles. The molecular formula is C26H32N2O4. The molecular weight excluding hydrogens is 404 g/mol. The molecule has 6 heteroatoms. The molecule has 2 aromatic carbocycles. The molecule has 4 atom stereocenters. The molecule has 2 N–H and O–H groups in total. The molecule has 3 aliphatic rings. The van der Waals surface area contributed by atoms with Gasteiger partial charge < -0.3 is 15.1 Å². The lowest BCUT2D eigenvalue weighted by atomic mass is 9.72. The topological polar surface area (TPSA) is 81.1 Å². The van der Waals surface area contributed by atoms with Crippen LogP contribution in [0, 0.1) is 11.8 Å². The predicted molar refractivity (Wildman–Crippen MR) is 123 cm³/mol. The zero-order valence-corrected chi connectivity index (χ0v) is 18.3. The van der Waals surface area contributed by atoms with Crippen LogP contribution < -0.4 is 0 Å². The highest BCUT2D eigenvalue weighted by Gasteiger charge is 2.49. The number of hydrogen-bond acceptors (Lipinski definition) is 4. The van der Waals surface area contributed by atoms with Gasteiger partial charge in [-0.1, -0.05) is 54.6 Å². The van der Waals surface area contributed by atoms with Gasteiger partial charge in [0, 0.05) is 32.1 Å². The van der Waals surface area contributed by atoms with Crippen molar-refractivity contribution < 1.29 is 19.8 Å². The second kappa shape index (κ2) is 10.3. The Morgan fingerprint density at radius 1 is 1.00 bits per heavy atom. The van der Waals surface area contributed by atoms with Gasteiger partial charge in [0.25, 0.3) is 6.47 Å². The maximum atomic E-state index is 12.6. The third-order valence-electron chi connectivity index (χ3n) is 7.26. The Kier molecular flexibility index (Phi) is 7.22. The Hall–Kier alpha value is -2.70. The number of nitrogens with zero attached hydrogens (tertiary/aromatic N) is 2. The monoisotopic (exact) mass is 436 g/mol. The van der Waals surface area contributed by atoms with E-state index < -0.39 is 0 Å². The molecule has 6 nitrogen and oxygen atoms in total. The van der Waals surface area contributed by atoms with E-state index in [2.05, 4.69) is 64.4 Å². The number of benzene rings is 2. The fraction of sp³-hybridized carbons (Fsp3) is 0.462. The maximum Gasteiger partial charge on any atom is 0.290 e. The van der Waals surface area contributed by atoms with Crippen LogP contribution >= 0.6 is 0 Å². The summed E-state index contributed by atoms with van der Waals surface area (Å²) in [5.41, 5.74) is 3.92. The number of carboxylic acid groups (broad SMARTS) is 1. The first kappa shape index (κ1) is 22.5. The first-order valence-electron chi connectivity index (χ1n) is 11.5. The van der Waals surface area contributed by atoms with Crippen LogP contribution in [0.4, 0.5) is 0 Å². The van der Waals surface area contributed by atoms with Gasteiger partial charge in [0.15, 0.2) is 0 Å². The minimum absolute atomic E-state index is 0.00350. The van der Waals surface area contributed by atoms with Crippen molar-refractivity contribution in [3.05, 3.63) is 60.2 Å². The van der Waals surface area contributed by atoms with E-state index in [1.54, 1.807) is 0 Å². The number of rotatable bonds is 4. The van der Waals surface area contributed by atoms with Crippen LogP contribution in [-0.2, 0) is 16.1 Å². The predicted octanol–water partition coefficient (Wildman–Crippen LogP) is 3.25. The van der Waals surface area contributed by atoms with E-state index in [-0.39, 0.29) is 25.0 Å². The van der Waals surface area contributed by atoms with Crippen molar-refractivity contribution in [3.8, 4) is 11.1 Å². The summed E-state index contributed by atoms with van der Waals surface area (Å²) in [6, 6.07) is 19.6. The van der Waals surface area contributed by atoms with E-state index in [9.17, 15) is 9.90 Å². The number of carbonyl (C=O) groups excluding carboxylic acids is 1. The van der Waals surface area contributed by atoms with E-state index >= 15 is 0 Å². The van der Waals surface area contributed by atoms with E-state index in [0.717, 1.165) is 38.9 Å². The normalized spacial score (nSPS) is 27.2. The van der Waals surface area contributed by atoms with Crippen molar-refractivity contribution in [3.63, 3.8) is 0 Å². The smallest absolute Gasteiger partial charge is 0.290 e. The fourth-order valence-corrected chi connectivity index (χ4v) is 6.03. The quantitative estimate of drug-likeness (QED) is 0.719. The highest BCUT2D eigenvalue weighted by molar-refractivity contribution is 5.78. The highest BCUT2D eigenvalue weighted by Crippen LogP contribution is 2.42. The summed E-state index contributed by atoms with van der Waals surface area (Å²) in [6.45, 7) is 2.78. The standard InChI is InChI=1S/C25H30N2O2.CH2O2/c28-17-24-21-13-20(23-11-6-12-25(29)27(23)24)15-26(16-21)14-19-9-4-5-10-22(19)18-7-2-1-3-8-18;2-1-3/h1-5,7-10,20-21,23-24,28H,6,11-17H2;1H,(H,2,3)/t20-,21+,23+,24+;/m1./s1. The Morgan fingerprint density at radius 3 is 2.44 bits per heavy atom.